The maximum Gasteiger partial charge on any atom is 0.133 e. The molecule has 0 fully saturated rings. The van der Waals surface area contributed by atoms with Gasteiger partial charge in [-0.25, -0.2) is 0 Å². The molecule has 21 heavy (non-hydrogen) atoms. The maximum atomic E-state index is 10.3. The summed E-state index contributed by atoms with van der Waals surface area (Å²) in [6, 6.07) is 3.94. The summed E-state index contributed by atoms with van der Waals surface area (Å²) in [5, 5.41) is 20.6. The van der Waals surface area contributed by atoms with E-state index in [4.69, 9.17) is 0 Å². The number of halogens is 2. The van der Waals surface area contributed by atoms with Crippen LogP contribution < -0.4 is 0 Å². The van der Waals surface area contributed by atoms with Crippen LogP contribution in [0.2, 0.25) is 0 Å². The predicted octanol–water partition coefficient (Wildman–Crippen LogP) is 5.45. The fraction of sp³-hybridized carbons (Fsp3) is 0.294. The van der Waals surface area contributed by atoms with Gasteiger partial charge in [0.15, 0.2) is 0 Å². The lowest BCUT2D eigenvalue weighted by Gasteiger charge is -2.15. The zero-order valence-electron chi connectivity index (χ0n) is 12.5. The largest absolute Gasteiger partial charge is 0.506 e. The van der Waals surface area contributed by atoms with Gasteiger partial charge in [0.05, 0.1) is 8.95 Å². The van der Waals surface area contributed by atoms with E-state index in [0.29, 0.717) is 6.42 Å². The number of hydrogen-bond acceptors (Lipinski definition) is 2. The minimum atomic E-state index is 0.242. The van der Waals surface area contributed by atoms with E-state index in [1.165, 1.54) is 0 Å². The first-order valence-electron chi connectivity index (χ1n) is 6.69. The molecular formula is C17H18Br2O2. The molecule has 0 aliphatic rings. The molecule has 0 aromatic heterocycles. The molecule has 0 saturated heterocycles. The number of hydrogen-bond donors (Lipinski definition) is 2. The third-order valence-electron chi connectivity index (χ3n) is 4.03. The number of phenols is 2. The van der Waals surface area contributed by atoms with Crippen LogP contribution in [-0.4, -0.2) is 10.2 Å². The highest BCUT2D eigenvalue weighted by Crippen LogP contribution is 2.38. The summed E-state index contributed by atoms with van der Waals surface area (Å²) in [7, 11) is 0. The Hall–Kier alpha value is -1.00. The Kier molecular flexibility index (Phi) is 4.69. The zero-order chi connectivity index (χ0) is 15.9. The Balaban J connectivity index is 2.54. The molecule has 2 aromatic rings. The highest BCUT2D eigenvalue weighted by atomic mass is 79.9. The van der Waals surface area contributed by atoms with Crippen molar-refractivity contribution in [1.82, 2.24) is 0 Å². The van der Waals surface area contributed by atoms with Crippen LogP contribution in [0.1, 0.15) is 33.4 Å². The minimum Gasteiger partial charge on any atom is -0.506 e. The summed E-state index contributed by atoms with van der Waals surface area (Å²) in [6.45, 7) is 7.96. The average Bonchev–Trinajstić information content (AvgIpc) is 2.45. The summed E-state index contributed by atoms with van der Waals surface area (Å²) >= 11 is 6.86. The molecule has 2 aromatic carbocycles. The Morgan fingerprint density at radius 3 is 1.43 bits per heavy atom. The molecule has 0 aliphatic heterocycles. The molecule has 112 valence electrons. The van der Waals surface area contributed by atoms with Crippen molar-refractivity contribution in [3.63, 3.8) is 0 Å². The molecule has 0 heterocycles. The standard InChI is InChI=1S/C17H18Br2O2/c1-8-5-12(16(20)14(18)10(8)3)7-13-6-9(2)11(4)15(19)17(13)21/h5-6,20-21H,7H2,1-4H3. The van der Waals surface area contributed by atoms with Gasteiger partial charge in [0.2, 0.25) is 0 Å². The lowest BCUT2D eigenvalue weighted by atomic mass is 9.96. The Labute approximate surface area is 142 Å². The number of benzene rings is 2. The van der Waals surface area contributed by atoms with Gasteiger partial charge in [0.1, 0.15) is 11.5 Å². The molecule has 2 rings (SSSR count). The van der Waals surface area contributed by atoms with Gasteiger partial charge >= 0.3 is 0 Å². The molecule has 0 aliphatic carbocycles. The van der Waals surface area contributed by atoms with Crippen molar-refractivity contribution < 1.29 is 10.2 Å². The fourth-order valence-electron chi connectivity index (χ4n) is 2.33. The van der Waals surface area contributed by atoms with Gasteiger partial charge in [0.25, 0.3) is 0 Å². The summed E-state index contributed by atoms with van der Waals surface area (Å²) < 4.78 is 1.44. The summed E-state index contributed by atoms with van der Waals surface area (Å²) in [5.41, 5.74) is 5.88. The molecule has 0 unspecified atom stereocenters. The van der Waals surface area contributed by atoms with Gasteiger partial charge in [-0.05, 0) is 92.9 Å². The second-order valence-electron chi connectivity index (χ2n) is 5.46. The van der Waals surface area contributed by atoms with E-state index in [-0.39, 0.29) is 11.5 Å². The molecular weight excluding hydrogens is 396 g/mol. The summed E-state index contributed by atoms with van der Waals surface area (Å²) in [5.74, 6) is 0.485. The first-order valence-corrected chi connectivity index (χ1v) is 8.27. The first-order chi connectivity index (χ1) is 9.73. The summed E-state index contributed by atoms with van der Waals surface area (Å²) in [4.78, 5) is 0. The third kappa shape index (κ3) is 2.97. The monoisotopic (exact) mass is 412 g/mol. The number of aryl methyl sites for hydroxylation is 2. The van der Waals surface area contributed by atoms with Gasteiger partial charge in [-0.3, -0.25) is 0 Å². The molecule has 0 spiro atoms. The Morgan fingerprint density at radius 2 is 1.10 bits per heavy atom. The van der Waals surface area contributed by atoms with Crippen LogP contribution in [0.15, 0.2) is 21.1 Å². The molecule has 4 heteroatoms. The van der Waals surface area contributed by atoms with Gasteiger partial charge in [-0.1, -0.05) is 12.1 Å². The third-order valence-corrected chi connectivity index (χ3v) is 5.97. The summed E-state index contributed by atoms with van der Waals surface area (Å²) in [6.07, 6.45) is 0.483. The lowest BCUT2D eigenvalue weighted by Crippen LogP contribution is -1.97. The van der Waals surface area contributed by atoms with Gasteiger partial charge < -0.3 is 10.2 Å². The molecule has 0 saturated carbocycles. The van der Waals surface area contributed by atoms with E-state index >= 15 is 0 Å². The highest BCUT2D eigenvalue weighted by molar-refractivity contribution is 9.11. The van der Waals surface area contributed by atoms with Gasteiger partial charge in [-0.15, -0.1) is 0 Å². The van der Waals surface area contributed by atoms with Crippen molar-refractivity contribution in [2.45, 2.75) is 34.1 Å². The van der Waals surface area contributed by atoms with Crippen LogP contribution in [0.5, 0.6) is 11.5 Å². The predicted molar refractivity (Wildman–Crippen MR) is 93.4 cm³/mol. The van der Waals surface area contributed by atoms with Gasteiger partial charge in [0, 0.05) is 6.42 Å². The molecule has 0 radical (unpaired) electrons. The van der Waals surface area contributed by atoms with Gasteiger partial charge in [-0.2, -0.15) is 0 Å². The molecule has 2 N–H and O–H groups in total. The Morgan fingerprint density at radius 1 is 0.762 bits per heavy atom. The van der Waals surface area contributed by atoms with Crippen LogP contribution >= 0.6 is 31.9 Å². The quantitative estimate of drug-likeness (QED) is 0.687. The van der Waals surface area contributed by atoms with Crippen LogP contribution in [0, 0.1) is 27.7 Å². The number of aromatic hydroxyl groups is 2. The van der Waals surface area contributed by atoms with Crippen molar-refractivity contribution in [3.05, 3.63) is 54.5 Å². The lowest BCUT2D eigenvalue weighted by molar-refractivity contribution is 0.458. The average molecular weight is 414 g/mol. The molecule has 0 amide bonds. The second kappa shape index (κ2) is 6.01. The highest BCUT2D eigenvalue weighted by Gasteiger charge is 2.16. The number of rotatable bonds is 2. The molecule has 0 bridgehead atoms. The smallest absolute Gasteiger partial charge is 0.133 e. The van der Waals surface area contributed by atoms with Crippen molar-refractivity contribution in [2.75, 3.05) is 0 Å². The van der Waals surface area contributed by atoms with Crippen LogP contribution in [0.4, 0.5) is 0 Å². The maximum absolute atomic E-state index is 10.3. The van der Waals surface area contributed by atoms with Crippen LogP contribution in [0.25, 0.3) is 0 Å². The topological polar surface area (TPSA) is 40.5 Å². The van der Waals surface area contributed by atoms with Crippen molar-refractivity contribution in [3.8, 4) is 11.5 Å². The van der Waals surface area contributed by atoms with E-state index in [9.17, 15) is 10.2 Å². The van der Waals surface area contributed by atoms with E-state index in [1.807, 2.05) is 39.8 Å². The van der Waals surface area contributed by atoms with Crippen molar-refractivity contribution in [1.29, 1.82) is 0 Å². The van der Waals surface area contributed by atoms with Crippen molar-refractivity contribution in [2.24, 2.45) is 0 Å². The van der Waals surface area contributed by atoms with Crippen molar-refractivity contribution >= 4 is 31.9 Å². The number of phenolic OH excluding ortho intramolecular Hbond substituents is 2. The SMILES string of the molecule is Cc1cc(Cc2cc(C)c(C)c(Br)c2O)c(O)c(Br)c1C. The minimum absolute atomic E-state index is 0.242. The normalized spacial score (nSPS) is 11.0. The zero-order valence-corrected chi connectivity index (χ0v) is 15.7. The van der Waals surface area contributed by atoms with Crippen LogP contribution in [0.3, 0.4) is 0 Å². The molecule has 2 nitrogen and oxygen atoms in total. The van der Waals surface area contributed by atoms with E-state index in [2.05, 4.69) is 31.9 Å². The van der Waals surface area contributed by atoms with E-state index in [0.717, 1.165) is 42.3 Å². The van der Waals surface area contributed by atoms with Crippen LogP contribution in [-0.2, 0) is 6.42 Å². The van der Waals surface area contributed by atoms with E-state index in [1.54, 1.807) is 0 Å². The molecule has 0 atom stereocenters. The first kappa shape index (κ1) is 16.4. The Bertz CT molecular complexity index is 660. The fourth-order valence-corrected chi connectivity index (χ4v) is 3.47. The second-order valence-corrected chi connectivity index (χ2v) is 7.04. The van der Waals surface area contributed by atoms with E-state index < -0.39 is 0 Å².